The minimum Gasteiger partial charge on any atom is -0.454 e. The molecule has 0 radical (unpaired) electrons. The lowest BCUT2D eigenvalue weighted by Crippen LogP contribution is -2.35. The first kappa shape index (κ1) is 20.2. The minimum absolute atomic E-state index is 0.0752. The van der Waals surface area contributed by atoms with Crippen LogP contribution < -0.4 is 20.1 Å². The summed E-state index contributed by atoms with van der Waals surface area (Å²) in [4.78, 5) is 16.6. The molecule has 1 aromatic carbocycles. The van der Waals surface area contributed by atoms with E-state index in [-0.39, 0.29) is 31.3 Å². The SMILES string of the molecule is O=C(NCc1ccccn1)c1cc2n(n1)[C@@H](C(F)(F)F)C[C@H](c1ccc3c(c1)OCO3)N2. The van der Waals surface area contributed by atoms with Gasteiger partial charge in [0.15, 0.2) is 23.2 Å². The molecule has 166 valence electrons. The Morgan fingerprint density at radius 2 is 2.03 bits per heavy atom. The summed E-state index contributed by atoms with van der Waals surface area (Å²) >= 11 is 0. The molecule has 8 nitrogen and oxygen atoms in total. The molecule has 5 rings (SSSR count). The van der Waals surface area contributed by atoms with E-state index in [1.165, 1.54) is 6.07 Å². The van der Waals surface area contributed by atoms with E-state index >= 15 is 0 Å². The molecule has 2 aliphatic rings. The molecule has 4 heterocycles. The molecule has 2 N–H and O–H groups in total. The highest BCUT2D eigenvalue weighted by Gasteiger charge is 2.47. The first-order valence-corrected chi connectivity index (χ1v) is 9.89. The number of carbonyl (C=O) groups is 1. The number of pyridine rings is 1. The maximum absolute atomic E-state index is 13.9. The number of halogens is 3. The van der Waals surface area contributed by atoms with Crippen LogP contribution in [0.3, 0.4) is 0 Å². The van der Waals surface area contributed by atoms with E-state index in [1.807, 2.05) is 0 Å². The molecule has 0 spiro atoms. The molecule has 3 aromatic rings. The Balaban J connectivity index is 1.40. The quantitative estimate of drug-likeness (QED) is 0.638. The molecule has 0 fully saturated rings. The van der Waals surface area contributed by atoms with E-state index in [4.69, 9.17) is 9.47 Å². The standard InChI is InChI=1S/C21H18F3N5O3/c22-21(23,24)18-8-14(12-4-5-16-17(7-12)32-11-31-16)27-19-9-15(28-29(18)19)20(30)26-10-13-3-1-2-6-25-13/h1-7,9,14,18,27H,8,10-11H2,(H,26,30)/t14-,18-/m1/s1. The van der Waals surface area contributed by atoms with Gasteiger partial charge in [0.05, 0.1) is 18.3 Å². The second-order valence-electron chi connectivity index (χ2n) is 7.47. The van der Waals surface area contributed by atoms with E-state index in [0.29, 0.717) is 22.8 Å². The van der Waals surface area contributed by atoms with Crippen LogP contribution in [-0.4, -0.2) is 33.6 Å². The van der Waals surface area contributed by atoms with Gasteiger partial charge in [0.25, 0.3) is 5.91 Å². The number of fused-ring (bicyclic) bond motifs is 2. The monoisotopic (exact) mass is 445 g/mol. The van der Waals surface area contributed by atoms with Crippen molar-refractivity contribution in [3.8, 4) is 11.5 Å². The molecule has 0 unspecified atom stereocenters. The van der Waals surface area contributed by atoms with Gasteiger partial charge in [-0.2, -0.15) is 18.3 Å². The fourth-order valence-corrected chi connectivity index (χ4v) is 3.80. The van der Waals surface area contributed by atoms with Gasteiger partial charge in [-0.25, -0.2) is 4.68 Å². The van der Waals surface area contributed by atoms with Crippen molar-refractivity contribution in [1.29, 1.82) is 0 Å². The minimum atomic E-state index is -4.54. The van der Waals surface area contributed by atoms with Crippen molar-refractivity contribution in [2.45, 2.75) is 31.2 Å². The van der Waals surface area contributed by atoms with E-state index in [1.54, 1.807) is 42.6 Å². The van der Waals surface area contributed by atoms with Gasteiger partial charge in [-0.1, -0.05) is 12.1 Å². The molecule has 1 amide bonds. The first-order chi connectivity index (χ1) is 15.4. The van der Waals surface area contributed by atoms with Gasteiger partial charge in [0, 0.05) is 18.7 Å². The molecular weight excluding hydrogens is 427 g/mol. The van der Waals surface area contributed by atoms with Crippen LogP contribution in [0.4, 0.5) is 19.0 Å². The molecule has 2 atom stereocenters. The van der Waals surface area contributed by atoms with Crippen LogP contribution in [-0.2, 0) is 6.54 Å². The Morgan fingerprint density at radius 3 is 2.81 bits per heavy atom. The Kier molecular flexibility index (Phi) is 4.87. The predicted molar refractivity (Wildman–Crippen MR) is 106 cm³/mol. The summed E-state index contributed by atoms with van der Waals surface area (Å²) in [6.45, 7) is 0.212. The number of ether oxygens (including phenoxy) is 2. The average molecular weight is 445 g/mol. The highest BCUT2D eigenvalue weighted by Crippen LogP contribution is 2.45. The third kappa shape index (κ3) is 3.81. The molecule has 0 saturated heterocycles. The van der Waals surface area contributed by atoms with Crippen LogP contribution >= 0.6 is 0 Å². The number of amides is 1. The van der Waals surface area contributed by atoms with Crippen molar-refractivity contribution in [3.05, 3.63) is 65.6 Å². The van der Waals surface area contributed by atoms with Crippen molar-refractivity contribution in [2.75, 3.05) is 12.1 Å². The number of aromatic nitrogens is 3. The molecule has 0 bridgehead atoms. The summed E-state index contributed by atoms with van der Waals surface area (Å²) in [5.74, 6) is 0.569. The Hall–Kier alpha value is -3.76. The van der Waals surface area contributed by atoms with Gasteiger partial charge in [0.1, 0.15) is 5.82 Å². The number of nitrogens with zero attached hydrogens (tertiary/aromatic N) is 3. The van der Waals surface area contributed by atoms with Crippen molar-refractivity contribution >= 4 is 11.7 Å². The zero-order valence-electron chi connectivity index (χ0n) is 16.6. The zero-order chi connectivity index (χ0) is 22.3. The summed E-state index contributed by atoms with van der Waals surface area (Å²) in [5, 5.41) is 9.65. The zero-order valence-corrected chi connectivity index (χ0v) is 16.6. The first-order valence-electron chi connectivity index (χ1n) is 9.89. The van der Waals surface area contributed by atoms with E-state index in [9.17, 15) is 18.0 Å². The number of carbonyl (C=O) groups excluding carboxylic acids is 1. The highest BCUT2D eigenvalue weighted by molar-refractivity contribution is 5.93. The van der Waals surface area contributed by atoms with Crippen molar-refractivity contribution < 1.29 is 27.4 Å². The lowest BCUT2D eigenvalue weighted by molar-refractivity contribution is -0.173. The van der Waals surface area contributed by atoms with Crippen LogP contribution in [0.1, 0.15) is 40.3 Å². The third-order valence-electron chi connectivity index (χ3n) is 5.38. The van der Waals surface area contributed by atoms with Crippen molar-refractivity contribution in [1.82, 2.24) is 20.1 Å². The highest BCUT2D eigenvalue weighted by atomic mass is 19.4. The number of anilines is 1. The Morgan fingerprint density at radius 1 is 1.19 bits per heavy atom. The van der Waals surface area contributed by atoms with Crippen molar-refractivity contribution in [3.63, 3.8) is 0 Å². The molecule has 2 aromatic heterocycles. The van der Waals surface area contributed by atoms with E-state index in [2.05, 4.69) is 20.7 Å². The number of rotatable bonds is 4. The lowest BCUT2D eigenvalue weighted by atomic mass is 9.96. The largest absolute Gasteiger partial charge is 0.454 e. The van der Waals surface area contributed by atoms with Gasteiger partial charge in [-0.3, -0.25) is 9.78 Å². The summed E-state index contributed by atoms with van der Waals surface area (Å²) in [6, 6.07) is 9.08. The summed E-state index contributed by atoms with van der Waals surface area (Å²) < 4.78 is 53.0. The predicted octanol–water partition coefficient (Wildman–Crippen LogP) is 3.60. The summed E-state index contributed by atoms with van der Waals surface area (Å²) in [7, 11) is 0. The Bertz CT molecular complexity index is 1150. The van der Waals surface area contributed by atoms with Gasteiger partial charge >= 0.3 is 6.18 Å². The van der Waals surface area contributed by atoms with E-state index in [0.717, 1.165) is 4.68 Å². The van der Waals surface area contributed by atoms with Crippen LogP contribution in [0.2, 0.25) is 0 Å². The molecule has 11 heteroatoms. The van der Waals surface area contributed by atoms with Gasteiger partial charge in [-0.05, 0) is 29.8 Å². The number of nitrogens with one attached hydrogen (secondary N) is 2. The molecule has 0 aliphatic carbocycles. The summed E-state index contributed by atoms with van der Waals surface area (Å²) in [6.07, 6.45) is -3.24. The van der Waals surface area contributed by atoms with Crippen LogP contribution in [0.15, 0.2) is 48.7 Å². The van der Waals surface area contributed by atoms with Crippen molar-refractivity contribution in [2.24, 2.45) is 0 Å². The fraction of sp³-hybridized carbons (Fsp3) is 0.286. The van der Waals surface area contributed by atoms with Crippen LogP contribution in [0.25, 0.3) is 0 Å². The number of hydrogen-bond acceptors (Lipinski definition) is 6. The average Bonchev–Trinajstić information content (AvgIpc) is 3.43. The smallest absolute Gasteiger partial charge is 0.410 e. The van der Waals surface area contributed by atoms with Crippen LogP contribution in [0.5, 0.6) is 11.5 Å². The Labute approximate surface area is 180 Å². The number of hydrogen-bond donors (Lipinski definition) is 2. The lowest BCUT2D eigenvalue weighted by Gasteiger charge is -2.33. The van der Waals surface area contributed by atoms with Gasteiger partial charge in [0.2, 0.25) is 6.79 Å². The maximum atomic E-state index is 13.9. The van der Waals surface area contributed by atoms with E-state index < -0.39 is 24.2 Å². The second-order valence-corrected chi connectivity index (χ2v) is 7.47. The molecule has 32 heavy (non-hydrogen) atoms. The summed E-state index contributed by atoms with van der Waals surface area (Å²) in [5.41, 5.74) is 1.14. The molecule has 0 saturated carbocycles. The second kappa shape index (κ2) is 7.74. The van der Waals surface area contributed by atoms with Gasteiger partial charge < -0.3 is 20.1 Å². The molecule has 2 aliphatic heterocycles. The van der Waals surface area contributed by atoms with Crippen LogP contribution in [0, 0.1) is 0 Å². The molecular formula is C21H18F3N5O3. The maximum Gasteiger partial charge on any atom is 0.410 e. The normalized spacial score (nSPS) is 19.2. The number of alkyl halides is 3. The number of benzene rings is 1. The third-order valence-corrected chi connectivity index (χ3v) is 5.38. The topological polar surface area (TPSA) is 90.3 Å². The van der Waals surface area contributed by atoms with Gasteiger partial charge in [-0.15, -0.1) is 0 Å². The fourth-order valence-electron chi connectivity index (χ4n) is 3.80.